The first-order valence-corrected chi connectivity index (χ1v) is 8.05. The number of aromatic nitrogens is 1. The Hall–Kier alpha value is -0.930. The van der Waals surface area contributed by atoms with Gasteiger partial charge in [-0.05, 0) is 50.6 Å². The van der Waals surface area contributed by atoms with Gasteiger partial charge in [0.2, 0.25) is 0 Å². The number of hydrogen-bond donors (Lipinski definition) is 1. The van der Waals surface area contributed by atoms with Crippen LogP contribution in [-0.4, -0.2) is 42.1 Å². The van der Waals surface area contributed by atoms with Crippen molar-refractivity contribution >= 4 is 0 Å². The molecular formula is C17H31N3. The summed E-state index contributed by atoms with van der Waals surface area (Å²) in [5.41, 5.74) is 1.37. The Morgan fingerprint density at radius 2 is 1.90 bits per heavy atom. The van der Waals surface area contributed by atoms with E-state index < -0.39 is 0 Å². The molecule has 0 aliphatic heterocycles. The minimum absolute atomic E-state index is 0.609. The van der Waals surface area contributed by atoms with Gasteiger partial charge in [0.15, 0.2) is 0 Å². The van der Waals surface area contributed by atoms with Gasteiger partial charge in [-0.2, -0.15) is 0 Å². The first kappa shape index (κ1) is 17.1. The van der Waals surface area contributed by atoms with Crippen LogP contribution in [-0.2, 0) is 6.42 Å². The van der Waals surface area contributed by atoms with Crippen LogP contribution in [0.15, 0.2) is 24.5 Å². The number of pyridine rings is 1. The van der Waals surface area contributed by atoms with Gasteiger partial charge in [-0.25, -0.2) is 0 Å². The lowest BCUT2D eigenvalue weighted by Crippen LogP contribution is -2.48. The molecule has 2 atom stereocenters. The van der Waals surface area contributed by atoms with Crippen molar-refractivity contribution in [2.24, 2.45) is 0 Å². The van der Waals surface area contributed by atoms with E-state index in [-0.39, 0.29) is 0 Å². The predicted octanol–water partition coefficient (Wildman–Crippen LogP) is 3.11. The van der Waals surface area contributed by atoms with Crippen molar-refractivity contribution in [2.45, 2.75) is 58.5 Å². The molecule has 0 aliphatic carbocycles. The lowest BCUT2D eigenvalue weighted by molar-refractivity contribution is 0.182. The third kappa shape index (κ3) is 5.59. The van der Waals surface area contributed by atoms with Gasteiger partial charge < -0.3 is 10.2 Å². The Morgan fingerprint density at radius 1 is 1.20 bits per heavy atom. The highest BCUT2D eigenvalue weighted by Crippen LogP contribution is 2.13. The van der Waals surface area contributed by atoms with Crippen molar-refractivity contribution in [1.29, 1.82) is 0 Å². The minimum atomic E-state index is 0.609. The maximum Gasteiger partial charge on any atom is 0.0270 e. The number of likely N-dealkylation sites (N-methyl/N-ethyl adjacent to an activating group) is 2. The van der Waals surface area contributed by atoms with Crippen molar-refractivity contribution in [1.82, 2.24) is 15.2 Å². The van der Waals surface area contributed by atoms with Gasteiger partial charge in [0, 0.05) is 31.0 Å². The standard InChI is InChI=1S/C17H31N3/c1-5-8-16(19-7-3)17(6-2)20(4)14-11-15-9-12-18-13-10-15/h9-10,12-13,16-17,19H,5-8,11,14H2,1-4H3. The van der Waals surface area contributed by atoms with Gasteiger partial charge in [-0.15, -0.1) is 0 Å². The maximum atomic E-state index is 4.08. The van der Waals surface area contributed by atoms with Crippen LogP contribution in [0.1, 0.15) is 45.6 Å². The van der Waals surface area contributed by atoms with Crippen LogP contribution in [0.3, 0.4) is 0 Å². The fourth-order valence-electron chi connectivity index (χ4n) is 2.93. The molecule has 20 heavy (non-hydrogen) atoms. The summed E-state index contributed by atoms with van der Waals surface area (Å²) < 4.78 is 0. The minimum Gasteiger partial charge on any atom is -0.313 e. The first-order chi connectivity index (χ1) is 9.72. The molecule has 0 aromatic carbocycles. The molecule has 0 aliphatic rings. The molecule has 2 unspecified atom stereocenters. The molecule has 0 bridgehead atoms. The molecular weight excluding hydrogens is 246 g/mol. The van der Waals surface area contributed by atoms with Gasteiger partial charge in [0.05, 0.1) is 0 Å². The molecule has 1 rings (SSSR count). The lowest BCUT2D eigenvalue weighted by atomic mass is 9.99. The zero-order chi connectivity index (χ0) is 14.8. The van der Waals surface area contributed by atoms with Crippen LogP contribution in [0.4, 0.5) is 0 Å². The summed E-state index contributed by atoms with van der Waals surface area (Å²) in [5.74, 6) is 0. The Bertz CT molecular complexity index is 333. The highest BCUT2D eigenvalue weighted by Gasteiger charge is 2.22. The van der Waals surface area contributed by atoms with Gasteiger partial charge in [-0.3, -0.25) is 4.98 Å². The largest absolute Gasteiger partial charge is 0.313 e. The van der Waals surface area contributed by atoms with Crippen molar-refractivity contribution < 1.29 is 0 Å². The van der Waals surface area contributed by atoms with Gasteiger partial charge in [0.25, 0.3) is 0 Å². The summed E-state index contributed by atoms with van der Waals surface area (Å²) in [6.45, 7) is 8.93. The Morgan fingerprint density at radius 3 is 2.45 bits per heavy atom. The van der Waals surface area contributed by atoms with Gasteiger partial charge in [-0.1, -0.05) is 27.2 Å². The summed E-state index contributed by atoms with van der Waals surface area (Å²) in [6.07, 6.45) is 8.56. The van der Waals surface area contributed by atoms with Crippen molar-refractivity contribution in [3.8, 4) is 0 Å². The van der Waals surface area contributed by atoms with Crippen LogP contribution in [0.25, 0.3) is 0 Å². The smallest absolute Gasteiger partial charge is 0.0270 e. The van der Waals surface area contributed by atoms with Gasteiger partial charge >= 0.3 is 0 Å². The fourth-order valence-corrected chi connectivity index (χ4v) is 2.93. The predicted molar refractivity (Wildman–Crippen MR) is 87.0 cm³/mol. The lowest BCUT2D eigenvalue weighted by Gasteiger charge is -2.34. The maximum absolute atomic E-state index is 4.08. The van der Waals surface area contributed by atoms with Crippen molar-refractivity contribution in [2.75, 3.05) is 20.1 Å². The summed E-state index contributed by atoms with van der Waals surface area (Å²) in [4.78, 5) is 6.59. The van der Waals surface area contributed by atoms with Crippen molar-refractivity contribution in [3.63, 3.8) is 0 Å². The summed E-state index contributed by atoms with van der Waals surface area (Å²) in [6, 6.07) is 5.46. The normalized spacial score (nSPS) is 14.4. The van der Waals surface area contributed by atoms with E-state index in [4.69, 9.17) is 0 Å². The molecule has 0 spiro atoms. The average Bonchev–Trinajstić information content (AvgIpc) is 2.47. The topological polar surface area (TPSA) is 28.2 Å². The Labute approximate surface area is 124 Å². The molecule has 1 aromatic heterocycles. The van der Waals surface area contributed by atoms with E-state index in [0.29, 0.717) is 12.1 Å². The first-order valence-electron chi connectivity index (χ1n) is 8.05. The van der Waals surface area contributed by atoms with E-state index in [0.717, 1.165) is 19.5 Å². The van der Waals surface area contributed by atoms with E-state index in [1.165, 1.54) is 24.8 Å². The number of hydrogen-bond acceptors (Lipinski definition) is 3. The average molecular weight is 277 g/mol. The zero-order valence-corrected chi connectivity index (χ0v) is 13.6. The zero-order valence-electron chi connectivity index (χ0n) is 13.6. The summed E-state index contributed by atoms with van der Waals surface area (Å²) in [7, 11) is 2.26. The molecule has 1 heterocycles. The molecule has 1 N–H and O–H groups in total. The van der Waals surface area contributed by atoms with Crippen LogP contribution in [0.2, 0.25) is 0 Å². The van der Waals surface area contributed by atoms with E-state index in [2.05, 4.69) is 55.2 Å². The second-order valence-corrected chi connectivity index (χ2v) is 5.51. The number of rotatable bonds is 10. The van der Waals surface area contributed by atoms with E-state index >= 15 is 0 Å². The SMILES string of the molecule is CCCC(NCC)C(CC)N(C)CCc1ccncc1. The number of nitrogens with zero attached hydrogens (tertiary/aromatic N) is 2. The molecule has 0 radical (unpaired) electrons. The molecule has 1 aromatic rings. The second-order valence-electron chi connectivity index (χ2n) is 5.51. The van der Waals surface area contributed by atoms with Crippen LogP contribution in [0.5, 0.6) is 0 Å². The Balaban J connectivity index is 2.54. The van der Waals surface area contributed by atoms with Crippen LogP contribution in [0, 0.1) is 0 Å². The molecule has 3 heteroatoms. The third-order valence-electron chi connectivity index (χ3n) is 4.02. The van der Waals surface area contributed by atoms with E-state index in [9.17, 15) is 0 Å². The van der Waals surface area contributed by atoms with E-state index in [1.54, 1.807) is 0 Å². The van der Waals surface area contributed by atoms with Crippen molar-refractivity contribution in [3.05, 3.63) is 30.1 Å². The highest BCUT2D eigenvalue weighted by molar-refractivity contribution is 5.10. The fraction of sp³-hybridized carbons (Fsp3) is 0.706. The second kappa shape index (κ2) is 9.89. The quantitative estimate of drug-likeness (QED) is 0.712. The molecule has 0 saturated carbocycles. The molecule has 0 amide bonds. The van der Waals surface area contributed by atoms with E-state index in [1.807, 2.05) is 12.4 Å². The number of nitrogens with one attached hydrogen (secondary N) is 1. The highest BCUT2D eigenvalue weighted by atomic mass is 15.2. The third-order valence-corrected chi connectivity index (χ3v) is 4.02. The summed E-state index contributed by atoms with van der Waals surface area (Å²) >= 11 is 0. The van der Waals surface area contributed by atoms with Gasteiger partial charge in [0.1, 0.15) is 0 Å². The monoisotopic (exact) mass is 277 g/mol. The summed E-state index contributed by atoms with van der Waals surface area (Å²) in [5, 5.41) is 3.66. The molecule has 0 saturated heterocycles. The molecule has 3 nitrogen and oxygen atoms in total. The molecule has 0 fully saturated rings. The van der Waals surface area contributed by atoms with Crippen LogP contribution < -0.4 is 5.32 Å². The molecule has 114 valence electrons. The van der Waals surface area contributed by atoms with Crippen LogP contribution >= 0.6 is 0 Å². The Kier molecular flexibility index (Phi) is 8.47.